The molecule has 2 rings (SSSR count). The van der Waals surface area contributed by atoms with E-state index in [-0.39, 0.29) is 5.70 Å². The number of aliphatic hydroxyl groups excluding tert-OH is 1. The highest BCUT2D eigenvalue weighted by Gasteiger charge is 2.32. The lowest BCUT2D eigenvalue weighted by Gasteiger charge is -2.29. The van der Waals surface area contributed by atoms with Crippen LogP contribution in [-0.4, -0.2) is 46.7 Å². The molecular weight excluding hydrogens is 250 g/mol. The standard InChI is InChI=1S/C11H15N5O3/c1-4-16-8-6(5-12-11(14-8)15(2)3)13-7(9(16)17)10(18)19/h5,13,18-19H,4H2,1-3H3. The van der Waals surface area contributed by atoms with Crippen LogP contribution in [-0.2, 0) is 4.79 Å². The van der Waals surface area contributed by atoms with Crippen molar-refractivity contribution in [2.75, 3.05) is 35.8 Å². The molecule has 0 saturated heterocycles. The molecule has 0 bridgehead atoms. The second kappa shape index (κ2) is 4.63. The molecule has 8 heteroatoms. The van der Waals surface area contributed by atoms with Crippen LogP contribution in [0.15, 0.2) is 17.8 Å². The van der Waals surface area contributed by atoms with Gasteiger partial charge in [0.1, 0.15) is 5.69 Å². The first kappa shape index (κ1) is 12.9. The Hall–Kier alpha value is -2.51. The average Bonchev–Trinajstić information content (AvgIpc) is 2.37. The van der Waals surface area contributed by atoms with E-state index in [1.807, 2.05) is 0 Å². The van der Waals surface area contributed by atoms with Gasteiger partial charge in [0.05, 0.1) is 6.20 Å². The molecule has 0 radical (unpaired) electrons. The van der Waals surface area contributed by atoms with E-state index in [1.54, 1.807) is 25.9 Å². The predicted molar refractivity (Wildman–Crippen MR) is 70.3 cm³/mol. The van der Waals surface area contributed by atoms with Gasteiger partial charge in [-0.3, -0.25) is 9.69 Å². The Balaban J connectivity index is 2.56. The highest BCUT2D eigenvalue weighted by molar-refractivity contribution is 6.11. The Labute approximate surface area is 110 Å². The van der Waals surface area contributed by atoms with Gasteiger partial charge in [0, 0.05) is 20.6 Å². The van der Waals surface area contributed by atoms with Crippen molar-refractivity contribution in [3.63, 3.8) is 0 Å². The topological polar surface area (TPSA) is 102 Å². The first-order valence-corrected chi connectivity index (χ1v) is 5.71. The largest absolute Gasteiger partial charge is 0.479 e. The maximum absolute atomic E-state index is 12.1. The molecule has 1 aromatic rings. The van der Waals surface area contributed by atoms with Crippen LogP contribution in [0.4, 0.5) is 17.5 Å². The van der Waals surface area contributed by atoms with Gasteiger partial charge >= 0.3 is 5.95 Å². The summed E-state index contributed by atoms with van der Waals surface area (Å²) in [7, 11) is 3.59. The van der Waals surface area contributed by atoms with Gasteiger partial charge in [-0.1, -0.05) is 0 Å². The summed E-state index contributed by atoms with van der Waals surface area (Å²) < 4.78 is 0. The number of likely N-dealkylation sites (N-methyl/N-ethyl adjacent to an activating group) is 1. The van der Waals surface area contributed by atoms with Crippen LogP contribution in [0.5, 0.6) is 0 Å². The van der Waals surface area contributed by atoms with Crippen molar-refractivity contribution in [2.24, 2.45) is 0 Å². The number of rotatable bonds is 2. The van der Waals surface area contributed by atoms with E-state index in [4.69, 9.17) is 10.2 Å². The zero-order valence-corrected chi connectivity index (χ0v) is 10.9. The molecule has 0 unspecified atom stereocenters. The van der Waals surface area contributed by atoms with E-state index in [2.05, 4.69) is 15.3 Å². The third-order valence-corrected chi connectivity index (χ3v) is 2.67. The number of carbonyl (C=O) groups excluding carboxylic acids is 1. The number of hydrogen-bond acceptors (Lipinski definition) is 7. The van der Waals surface area contributed by atoms with E-state index >= 15 is 0 Å². The molecule has 0 fully saturated rings. The summed E-state index contributed by atoms with van der Waals surface area (Å²) in [4.78, 5) is 23.5. The zero-order valence-electron chi connectivity index (χ0n) is 10.9. The molecule has 1 aliphatic heterocycles. The number of fused-ring (bicyclic) bond motifs is 1. The number of aliphatic hydroxyl groups is 2. The SMILES string of the molecule is CCN1C(=O)C(=C(O)O)Nc2cnc(N(C)C)nc21. The van der Waals surface area contributed by atoms with E-state index < -0.39 is 11.9 Å². The van der Waals surface area contributed by atoms with Gasteiger partial charge in [0.2, 0.25) is 5.95 Å². The Morgan fingerprint density at radius 2 is 2.16 bits per heavy atom. The predicted octanol–water partition coefficient (Wildman–Crippen LogP) is 0.606. The molecule has 0 aromatic carbocycles. The number of carbonyl (C=O) groups is 1. The molecule has 19 heavy (non-hydrogen) atoms. The van der Waals surface area contributed by atoms with Crippen LogP contribution in [0.3, 0.4) is 0 Å². The fourth-order valence-electron chi connectivity index (χ4n) is 1.74. The summed E-state index contributed by atoms with van der Waals surface area (Å²) in [5, 5.41) is 20.8. The van der Waals surface area contributed by atoms with E-state index in [0.29, 0.717) is 24.0 Å². The number of hydrogen-bond donors (Lipinski definition) is 3. The lowest BCUT2D eigenvalue weighted by molar-refractivity contribution is -0.115. The molecule has 1 aromatic heterocycles. The molecule has 2 heterocycles. The monoisotopic (exact) mass is 265 g/mol. The summed E-state index contributed by atoms with van der Waals surface area (Å²) in [6.07, 6.45) is 1.50. The molecule has 102 valence electrons. The van der Waals surface area contributed by atoms with Gasteiger partial charge in [0.25, 0.3) is 5.91 Å². The number of anilines is 3. The van der Waals surface area contributed by atoms with Gasteiger partial charge in [0.15, 0.2) is 11.5 Å². The van der Waals surface area contributed by atoms with Crippen molar-refractivity contribution in [1.82, 2.24) is 9.97 Å². The second-order valence-corrected chi connectivity index (χ2v) is 4.17. The molecule has 0 atom stereocenters. The van der Waals surface area contributed by atoms with E-state index in [0.717, 1.165) is 0 Å². The molecule has 0 spiro atoms. The Morgan fingerprint density at radius 3 is 2.68 bits per heavy atom. The molecule has 8 nitrogen and oxygen atoms in total. The normalized spacial score (nSPS) is 13.9. The van der Waals surface area contributed by atoms with E-state index in [9.17, 15) is 4.79 Å². The lowest BCUT2D eigenvalue weighted by atomic mass is 10.2. The van der Waals surface area contributed by atoms with Crippen molar-refractivity contribution in [3.05, 3.63) is 17.8 Å². The Morgan fingerprint density at radius 1 is 1.47 bits per heavy atom. The first-order valence-electron chi connectivity index (χ1n) is 5.71. The summed E-state index contributed by atoms with van der Waals surface area (Å²) in [6.45, 7) is 2.13. The van der Waals surface area contributed by atoms with Crippen molar-refractivity contribution in [3.8, 4) is 0 Å². The Kier molecular flexibility index (Phi) is 3.16. The minimum absolute atomic E-state index is 0.282. The molecule has 0 saturated carbocycles. The third-order valence-electron chi connectivity index (χ3n) is 2.67. The fraction of sp³-hybridized carbons (Fsp3) is 0.364. The molecule has 0 aliphatic carbocycles. The summed E-state index contributed by atoms with van der Waals surface area (Å²) in [5.41, 5.74) is 0.165. The maximum Gasteiger partial charge on any atom is 0.304 e. The summed E-state index contributed by atoms with van der Waals surface area (Å²) in [5.74, 6) is -0.715. The van der Waals surface area contributed by atoms with Crippen LogP contribution in [0.2, 0.25) is 0 Å². The van der Waals surface area contributed by atoms with Crippen LogP contribution >= 0.6 is 0 Å². The number of nitrogens with zero attached hydrogens (tertiary/aromatic N) is 4. The maximum atomic E-state index is 12.1. The van der Waals surface area contributed by atoms with Gasteiger partial charge in [-0.25, -0.2) is 4.98 Å². The average molecular weight is 265 g/mol. The number of nitrogens with one attached hydrogen (secondary N) is 1. The number of aromatic nitrogens is 2. The van der Waals surface area contributed by atoms with Gasteiger partial charge < -0.3 is 20.4 Å². The highest BCUT2D eigenvalue weighted by atomic mass is 16.5. The zero-order chi connectivity index (χ0) is 14.2. The van der Waals surface area contributed by atoms with Gasteiger partial charge in [-0.2, -0.15) is 4.98 Å². The molecule has 1 aliphatic rings. The number of amides is 1. The van der Waals surface area contributed by atoms with Crippen LogP contribution in [0.1, 0.15) is 6.92 Å². The van der Waals surface area contributed by atoms with Crippen molar-refractivity contribution in [2.45, 2.75) is 6.92 Å². The van der Waals surface area contributed by atoms with Crippen LogP contribution < -0.4 is 15.1 Å². The third kappa shape index (κ3) is 2.12. The molecular formula is C11H15N5O3. The van der Waals surface area contributed by atoms with Crippen LogP contribution in [0, 0.1) is 0 Å². The van der Waals surface area contributed by atoms with Crippen LogP contribution in [0.25, 0.3) is 0 Å². The molecule has 1 amide bonds. The van der Waals surface area contributed by atoms with Crippen molar-refractivity contribution >= 4 is 23.4 Å². The smallest absolute Gasteiger partial charge is 0.304 e. The van der Waals surface area contributed by atoms with Crippen molar-refractivity contribution in [1.29, 1.82) is 0 Å². The summed E-state index contributed by atoms with van der Waals surface area (Å²) >= 11 is 0. The van der Waals surface area contributed by atoms with Gasteiger partial charge in [-0.05, 0) is 6.92 Å². The minimum Gasteiger partial charge on any atom is -0.479 e. The first-order chi connectivity index (χ1) is 8.95. The Bertz CT molecular complexity index is 551. The molecule has 3 N–H and O–H groups in total. The quantitative estimate of drug-likeness (QED) is 0.531. The summed E-state index contributed by atoms with van der Waals surface area (Å²) in [6, 6.07) is 0. The second-order valence-electron chi connectivity index (χ2n) is 4.17. The fourth-order valence-corrected chi connectivity index (χ4v) is 1.74. The lowest BCUT2D eigenvalue weighted by Crippen LogP contribution is -2.40. The van der Waals surface area contributed by atoms with Crippen molar-refractivity contribution < 1.29 is 15.0 Å². The van der Waals surface area contributed by atoms with E-state index in [1.165, 1.54) is 11.1 Å². The minimum atomic E-state index is -1.05. The van der Waals surface area contributed by atoms with Gasteiger partial charge in [-0.15, -0.1) is 0 Å². The highest BCUT2D eigenvalue weighted by Crippen LogP contribution is 2.31.